The molecule has 0 saturated heterocycles. The lowest BCUT2D eigenvalue weighted by Gasteiger charge is -2.19. The average Bonchev–Trinajstić information content (AvgIpc) is 2.65. The number of aryl methyl sites for hydroxylation is 1. The maximum Gasteiger partial charge on any atom is 0.306 e. The van der Waals surface area contributed by atoms with Gasteiger partial charge in [0.05, 0.1) is 12.8 Å². The van der Waals surface area contributed by atoms with Crippen molar-refractivity contribution in [3.8, 4) is 5.75 Å². The Morgan fingerprint density at radius 2 is 1.85 bits per heavy atom. The van der Waals surface area contributed by atoms with E-state index in [9.17, 15) is 9.59 Å². The molecular weight excluding hydrogens is 330 g/mol. The van der Waals surface area contributed by atoms with Crippen LogP contribution in [0.3, 0.4) is 0 Å². The van der Waals surface area contributed by atoms with Crippen molar-refractivity contribution in [3.05, 3.63) is 59.7 Å². The number of nitrogens with one attached hydrogen (secondary N) is 1. The molecule has 1 N–H and O–H groups in total. The van der Waals surface area contributed by atoms with E-state index in [-0.39, 0.29) is 5.97 Å². The summed E-state index contributed by atoms with van der Waals surface area (Å²) in [7, 11) is 1.54. The molecule has 5 heteroatoms. The van der Waals surface area contributed by atoms with Crippen LogP contribution in [0.25, 0.3) is 0 Å². The van der Waals surface area contributed by atoms with Crippen LogP contribution in [0.4, 0.5) is 5.69 Å². The maximum atomic E-state index is 12.9. The third kappa shape index (κ3) is 5.34. The number of amides is 1. The van der Waals surface area contributed by atoms with Crippen LogP contribution in [0, 0.1) is 6.92 Å². The third-order valence-corrected chi connectivity index (χ3v) is 3.94. The summed E-state index contributed by atoms with van der Waals surface area (Å²) in [6.07, 6.45) is 0.901. The molecule has 0 aromatic heterocycles. The number of hydrogen-bond acceptors (Lipinski definition) is 4. The van der Waals surface area contributed by atoms with Gasteiger partial charge in [0.1, 0.15) is 5.75 Å². The van der Waals surface area contributed by atoms with Crippen molar-refractivity contribution in [1.29, 1.82) is 0 Å². The zero-order valence-corrected chi connectivity index (χ0v) is 15.5. The average molecular weight is 355 g/mol. The summed E-state index contributed by atoms with van der Waals surface area (Å²) in [6.45, 7) is 3.92. The minimum Gasteiger partial charge on any atom is -0.495 e. The van der Waals surface area contributed by atoms with E-state index in [4.69, 9.17) is 9.47 Å². The Bertz CT molecular complexity index is 743. The fraction of sp³-hybridized carbons (Fsp3) is 0.333. The van der Waals surface area contributed by atoms with Gasteiger partial charge in [-0.1, -0.05) is 49.7 Å². The number of benzene rings is 2. The monoisotopic (exact) mass is 355 g/mol. The van der Waals surface area contributed by atoms with Gasteiger partial charge in [0, 0.05) is 12.0 Å². The molecule has 0 fully saturated rings. The van der Waals surface area contributed by atoms with Crippen molar-refractivity contribution < 1.29 is 19.1 Å². The lowest BCUT2D eigenvalue weighted by atomic mass is 10.1. The highest BCUT2D eigenvalue weighted by Crippen LogP contribution is 2.28. The Hall–Kier alpha value is -2.82. The van der Waals surface area contributed by atoms with E-state index in [0.29, 0.717) is 23.4 Å². The Balaban J connectivity index is 2.23. The second-order valence-corrected chi connectivity index (χ2v) is 6.08. The van der Waals surface area contributed by atoms with Gasteiger partial charge in [0.25, 0.3) is 5.91 Å². The Morgan fingerprint density at radius 1 is 1.12 bits per heavy atom. The number of methoxy groups -OCH3 is 1. The molecule has 0 bridgehead atoms. The van der Waals surface area contributed by atoms with E-state index >= 15 is 0 Å². The molecular formula is C21H25NO4. The van der Waals surface area contributed by atoms with Crippen LogP contribution in [0.2, 0.25) is 0 Å². The van der Waals surface area contributed by atoms with Crippen molar-refractivity contribution in [2.45, 2.75) is 39.2 Å². The van der Waals surface area contributed by atoms with Crippen molar-refractivity contribution in [2.24, 2.45) is 0 Å². The molecule has 26 heavy (non-hydrogen) atoms. The van der Waals surface area contributed by atoms with Crippen molar-refractivity contribution >= 4 is 17.6 Å². The van der Waals surface area contributed by atoms with Crippen LogP contribution in [-0.2, 0) is 14.3 Å². The van der Waals surface area contributed by atoms with Gasteiger partial charge in [-0.05, 0) is 31.0 Å². The highest BCUT2D eigenvalue weighted by Gasteiger charge is 2.25. The molecule has 2 aromatic rings. The maximum absolute atomic E-state index is 12.9. The van der Waals surface area contributed by atoms with Gasteiger partial charge in [-0.25, -0.2) is 0 Å². The van der Waals surface area contributed by atoms with Gasteiger partial charge >= 0.3 is 5.97 Å². The second kappa shape index (κ2) is 9.61. The summed E-state index contributed by atoms with van der Waals surface area (Å²) in [5.41, 5.74) is 2.15. The van der Waals surface area contributed by atoms with E-state index in [1.807, 2.05) is 44.2 Å². The highest BCUT2D eigenvalue weighted by molar-refractivity contribution is 5.97. The van der Waals surface area contributed by atoms with Crippen molar-refractivity contribution in [2.75, 3.05) is 12.4 Å². The minimum absolute atomic E-state index is 0.293. The van der Waals surface area contributed by atoms with Gasteiger partial charge < -0.3 is 14.8 Å². The lowest BCUT2D eigenvalue weighted by Crippen LogP contribution is -2.26. The standard InChI is InChI=1S/C21H25NO4/c1-4-5-11-19(23)26-20(16-9-7-6-8-10-16)21(24)22-17-14-15(2)12-13-18(17)25-3/h6-10,12-14,20H,4-5,11H2,1-3H3,(H,22,24)/t20-/m1/s1. The first-order valence-corrected chi connectivity index (χ1v) is 8.75. The molecule has 2 aromatic carbocycles. The number of carbonyl (C=O) groups excluding carboxylic acids is 2. The molecule has 138 valence electrons. The predicted octanol–water partition coefficient (Wildman–Crippen LogP) is 4.42. The molecule has 2 rings (SSSR count). The number of hydrogen-bond donors (Lipinski definition) is 1. The summed E-state index contributed by atoms with van der Waals surface area (Å²) in [4.78, 5) is 25.0. The van der Waals surface area contributed by atoms with Gasteiger partial charge in [0.2, 0.25) is 6.10 Å². The van der Waals surface area contributed by atoms with Crippen LogP contribution in [-0.4, -0.2) is 19.0 Å². The minimum atomic E-state index is -1.01. The summed E-state index contributed by atoms with van der Waals surface area (Å²) < 4.78 is 10.8. The third-order valence-electron chi connectivity index (χ3n) is 3.94. The molecule has 0 heterocycles. The summed E-state index contributed by atoms with van der Waals surface area (Å²) >= 11 is 0. The largest absolute Gasteiger partial charge is 0.495 e. The van der Waals surface area contributed by atoms with Gasteiger partial charge in [-0.3, -0.25) is 9.59 Å². The van der Waals surface area contributed by atoms with Gasteiger partial charge in [0.15, 0.2) is 0 Å². The quantitative estimate of drug-likeness (QED) is 0.712. The Kier molecular flexibility index (Phi) is 7.21. The Morgan fingerprint density at radius 3 is 2.50 bits per heavy atom. The zero-order chi connectivity index (χ0) is 18.9. The summed E-state index contributed by atoms with van der Waals surface area (Å²) in [5.74, 6) is -0.245. The van der Waals surface area contributed by atoms with Crippen molar-refractivity contribution in [1.82, 2.24) is 0 Å². The molecule has 0 aliphatic heterocycles. The van der Waals surface area contributed by atoms with E-state index in [1.165, 1.54) is 0 Å². The molecule has 0 spiro atoms. The molecule has 5 nitrogen and oxygen atoms in total. The summed E-state index contributed by atoms with van der Waals surface area (Å²) in [5, 5.41) is 2.82. The number of carbonyl (C=O) groups is 2. The van der Waals surface area contributed by atoms with E-state index in [1.54, 1.807) is 25.3 Å². The molecule has 0 unspecified atom stereocenters. The smallest absolute Gasteiger partial charge is 0.306 e. The number of ether oxygens (including phenoxy) is 2. The van der Waals surface area contributed by atoms with Crippen LogP contribution in [0.5, 0.6) is 5.75 Å². The first-order chi connectivity index (χ1) is 12.5. The van der Waals surface area contributed by atoms with Gasteiger partial charge in [-0.2, -0.15) is 0 Å². The number of anilines is 1. The topological polar surface area (TPSA) is 64.6 Å². The van der Waals surface area contributed by atoms with Crippen LogP contribution < -0.4 is 10.1 Å². The zero-order valence-electron chi connectivity index (χ0n) is 15.5. The first kappa shape index (κ1) is 19.5. The van der Waals surface area contributed by atoms with Crippen LogP contribution in [0.1, 0.15) is 43.4 Å². The SMILES string of the molecule is CCCCC(=O)O[C@@H](C(=O)Nc1cc(C)ccc1OC)c1ccccc1. The lowest BCUT2D eigenvalue weighted by molar-refractivity contribution is -0.154. The normalized spacial score (nSPS) is 11.5. The van der Waals surface area contributed by atoms with Crippen molar-refractivity contribution in [3.63, 3.8) is 0 Å². The molecule has 1 atom stereocenters. The molecule has 1 amide bonds. The van der Waals surface area contributed by atoms with E-state index < -0.39 is 12.0 Å². The molecule has 0 radical (unpaired) electrons. The summed E-state index contributed by atoms with van der Waals surface area (Å²) in [6, 6.07) is 14.5. The second-order valence-electron chi connectivity index (χ2n) is 6.08. The molecule has 0 aliphatic carbocycles. The van der Waals surface area contributed by atoms with E-state index in [0.717, 1.165) is 18.4 Å². The number of unbranched alkanes of at least 4 members (excludes halogenated alkanes) is 1. The van der Waals surface area contributed by atoms with Crippen LogP contribution in [0.15, 0.2) is 48.5 Å². The Labute approximate surface area is 154 Å². The van der Waals surface area contributed by atoms with Gasteiger partial charge in [-0.15, -0.1) is 0 Å². The number of esters is 1. The van der Waals surface area contributed by atoms with E-state index in [2.05, 4.69) is 5.32 Å². The number of rotatable bonds is 8. The molecule has 0 aliphatic rings. The first-order valence-electron chi connectivity index (χ1n) is 8.75. The predicted molar refractivity (Wildman–Crippen MR) is 101 cm³/mol. The van der Waals surface area contributed by atoms with Crippen LogP contribution >= 0.6 is 0 Å². The molecule has 0 saturated carbocycles. The highest BCUT2D eigenvalue weighted by atomic mass is 16.5. The fourth-order valence-corrected chi connectivity index (χ4v) is 2.53. The fourth-order valence-electron chi connectivity index (χ4n) is 2.53.